The van der Waals surface area contributed by atoms with E-state index in [1.807, 2.05) is 44.2 Å². The smallest absolute Gasteiger partial charge is 0.226 e. The molecular formula is C23H29N3O2. The third kappa shape index (κ3) is 4.71. The second-order valence-electron chi connectivity index (χ2n) is 7.43. The van der Waals surface area contributed by atoms with Gasteiger partial charge < -0.3 is 15.1 Å². The Morgan fingerprint density at radius 3 is 2.36 bits per heavy atom. The lowest BCUT2D eigenvalue weighted by Crippen LogP contribution is -2.32. The van der Waals surface area contributed by atoms with Crippen molar-refractivity contribution in [1.82, 2.24) is 0 Å². The number of rotatable bonds is 6. The van der Waals surface area contributed by atoms with Gasteiger partial charge in [-0.05, 0) is 68.1 Å². The zero-order valence-corrected chi connectivity index (χ0v) is 17.0. The quantitative estimate of drug-likeness (QED) is 0.815. The zero-order valence-electron chi connectivity index (χ0n) is 17.0. The molecule has 0 radical (unpaired) electrons. The van der Waals surface area contributed by atoms with Crippen molar-refractivity contribution >= 4 is 28.9 Å². The molecule has 1 fully saturated rings. The van der Waals surface area contributed by atoms with Crippen molar-refractivity contribution < 1.29 is 9.59 Å². The van der Waals surface area contributed by atoms with Crippen LogP contribution in [0.15, 0.2) is 42.5 Å². The topological polar surface area (TPSA) is 52.7 Å². The first-order valence-electron chi connectivity index (χ1n) is 9.95. The summed E-state index contributed by atoms with van der Waals surface area (Å²) in [7, 11) is 0. The van der Waals surface area contributed by atoms with Gasteiger partial charge in [0.1, 0.15) is 0 Å². The first kappa shape index (κ1) is 19.9. The van der Waals surface area contributed by atoms with E-state index >= 15 is 0 Å². The maximum Gasteiger partial charge on any atom is 0.226 e. The maximum absolute atomic E-state index is 12.4. The summed E-state index contributed by atoms with van der Waals surface area (Å²) in [5.74, 6) is -0.151. The number of hydrogen-bond acceptors (Lipinski definition) is 3. The molecule has 2 aromatic rings. The number of anilines is 3. The molecule has 1 aliphatic rings. The molecule has 28 heavy (non-hydrogen) atoms. The van der Waals surface area contributed by atoms with E-state index in [0.717, 1.165) is 35.6 Å². The van der Waals surface area contributed by atoms with Gasteiger partial charge >= 0.3 is 0 Å². The molecule has 1 saturated heterocycles. The number of hydrogen-bond donors (Lipinski definition) is 1. The van der Waals surface area contributed by atoms with Crippen LogP contribution in [-0.2, 0) is 9.59 Å². The lowest BCUT2D eigenvalue weighted by atomic mass is 10.1. The molecule has 0 saturated carbocycles. The predicted octanol–water partition coefficient (Wildman–Crippen LogP) is 4.29. The molecule has 2 aromatic carbocycles. The summed E-state index contributed by atoms with van der Waals surface area (Å²) >= 11 is 0. The Balaban J connectivity index is 1.59. The van der Waals surface area contributed by atoms with Crippen molar-refractivity contribution in [2.24, 2.45) is 0 Å². The Hall–Kier alpha value is -2.82. The van der Waals surface area contributed by atoms with E-state index in [4.69, 9.17) is 0 Å². The molecule has 1 aliphatic heterocycles. The van der Waals surface area contributed by atoms with Crippen LogP contribution in [0.5, 0.6) is 0 Å². The first-order chi connectivity index (χ1) is 13.5. The van der Waals surface area contributed by atoms with Gasteiger partial charge in [0.2, 0.25) is 11.8 Å². The van der Waals surface area contributed by atoms with E-state index in [0.29, 0.717) is 6.54 Å². The lowest BCUT2D eigenvalue weighted by Gasteiger charge is -2.24. The van der Waals surface area contributed by atoms with E-state index < -0.39 is 0 Å². The van der Waals surface area contributed by atoms with Gasteiger partial charge in [-0.1, -0.05) is 12.1 Å². The van der Waals surface area contributed by atoms with E-state index in [1.54, 1.807) is 4.90 Å². The van der Waals surface area contributed by atoms with E-state index in [1.165, 1.54) is 25.5 Å². The number of benzene rings is 2. The Morgan fingerprint density at radius 1 is 1.04 bits per heavy atom. The molecule has 3 rings (SSSR count). The van der Waals surface area contributed by atoms with Crippen molar-refractivity contribution in [3.8, 4) is 0 Å². The van der Waals surface area contributed by atoms with Gasteiger partial charge in [-0.15, -0.1) is 0 Å². The number of nitrogens with zero attached hydrogens (tertiary/aromatic N) is 2. The van der Waals surface area contributed by atoms with Crippen molar-refractivity contribution in [2.75, 3.05) is 34.8 Å². The van der Waals surface area contributed by atoms with E-state index in [2.05, 4.69) is 22.3 Å². The van der Waals surface area contributed by atoms with Gasteiger partial charge in [0.15, 0.2) is 0 Å². The third-order valence-corrected chi connectivity index (χ3v) is 5.43. The fraction of sp³-hybridized carbons (Fsp3) is 0.391. The largest absolute Gasteiger partial charge is 0.372 e. The standard InChI is InChI=1S/C23H29N3O2/c1-17-7-6-8-22(18(17)2)26(19(3)27)16-13-23(28)24-20-9-11-21(12-10-20)25-14-4-5-15-25/h6-12H,4-5,13-16H2,1-3H3,(H,24,28). The molecule has 0 atom stereocenters. The molecule has 1 N–H and O–H groups in total. The Morgan fingerprint density at radius 2 is 1.71 bits per heavy atom. The average molecular weight is 380 g/mol. The number of aryl methyl sites for hydroxylation is 1. The molecule has 5 heteroatoms. The van der Waals surface area contributed by atoms with E-state index in [-0.39, 0.29) is 18.2 Å². The normalized spacial score (nSPS) is 13.5. The van der Waals surface area contributed by atoms with Gasteiger partial charge in [0, 0.05) is 50.0 Å². The summed E-state index contributed by atoms with van der Waals surface area (Å²) in [5, 5.41) is 2.94. The highest BCUT2D eigenvalue weighted by molar-refractivity contribution is 5.95. The van der Waals surface area contributed by atoms with Crippen LogP contribution in [0, 0.1) is 13.8 Å². The van der Waals surface area contributed by atoms with Crippen molar-refractivity contribution in [2.45, 2.75) is 40.0 Å². The highest BCUT2D eigenvalue weighted by atomic mass is 16.2. The molecule has 1 heterocycles. The Bertz CT molecular complexity index is 839. The summed E-state index contributed by atoms with van der Waals surface area (Å²) in [5.41, 5.74) is 5.06. The van der Waals surface area contributed by atoms with E-state index in [9.17, 15) is 9.59 Å². The predicted molar refractivity (Wildman–Crippen MR) is 115 cm³/mol. The minimum Gasteiger partial charge on any atom is -0.372 e. The van der Waals surface area contributed by atoms with Crippen LogP contribution in [0.4, 0.5) is 17.1 Å². The van der Waals surface area contributed by atoms with Crippen LogP contribution >= 0.6 is 0 Å². The summed E-state index contributed by atoms with van der Waals surface area (Å²) in [6, 6.07) is 13.9. The van der Waals surface area contributed by atoms with Gasteiger partial charge in [-0.3, -0.25) is 9.59 Å². The molecule has 0 bridgehead atoms. The SMILES string of the molecule is CC(=O)N(CCC(=O)Nc1ccc(N2CCCC2)cc1)c1cccc(C)c1C. The molecule has 148 valence electrons. The van der Waals surface area contributed by atoms with Gasteiger partial charge in [0.25, 0.3) is 0 Å². The molecule has 0 unspecified atom stereocenters. The highest BCUT2D eigenvalue weighted by Crippen LogP contribution is 2.24. The summed E-state index contributed by atoms with van der Waals surface area (Å²) in [6.07, 6.45) is 2.73. The molecule has 2 amide bonds. The molecule has 0 spiro atoms. The summed E-state index contributed by atoms with van der Waals surface area (Å²) in [6.45, 7) is 8.13. The number of nitrogens with one attached hydrogen (secondary N) is 1. The van der Waals surface area contributed by atoms with Gasteiger partial charge in [-0.2, -0.15) is 0 Å². The molecular weight excluding hydrogens is 350 g/mol. The molecule has 5 nitrogen and oxygen atoms in total. The average Bonchev–Trinajstić information content (AvgIpc) is 3.20. The minimum absolute atomic E-state index is 0.0588. The monoisotopic (exact) mass is 379 g/mol. The van der Waals surface area contributed by atoms with Crippen LogP contribution in [0.25, 0.3) is 0 Å². The summed E-state index contributed by atoms with van der Waals surface area (Å²) in [4.78, 5) is 28.6. The van der Waals surface area contributed by atoms with Gasteiger partial charge in [-0.25, -0.2) is 0 Å². The Kier molecular flexibility index (Phi) is 6.34. The first-order valence-corrected chi connectivity index (χ1v) is 9.95. The van der Waals surface area contributed by atoms with Crippen molar-refractivity contribution in [1.29, 1.82) is 0 Å². The van der Waals surface area contributed by atoms with Crippen LogP contribution in [0.1, 0.15) is 37.3 Å². The van der Waals surface area contributed by atoms with Crippen LogP contribution in [0.3, 0.4) is 0 Å². The van der Waals surface area contributed by atoms with Crippen LogP contribution in [0.2, 0.25) is 0 Å². The fourth-order valence-corrected chi connectivity index (χ4v) is 3.64. The highest BCUT2D eigenvalue weighted by Gasteiger charge is 2.16. The van der Waals surface area contributed by atoms with Crippen LogP contribution < -0.4 is 15.1 Å². The number of carbonyl (C=O) groups is 2. The third-order valence-electron chi connectivity index (χ3n) is 5.43. The summed E-state index contributed by atoms with van der Waals surface area (Å²) < 4.78 is 0. The van der Waals surface area contributed by atoms with Crippen LogP contribution in [-0.4, -0.2) is 31.4 Å². The van der Waals surface area contributed by atoms with Gasteiger partial charge in [0.05, 0.1) is 0 Å². The second kappa shape index (κ2) is 8.91. The van der Waals surface area contributed by atoms with Crippen molar-refractivity contribution in [3.63, 3.8) is 0 Å². The van der Waals surface area contributed by atoms with Crippen molar-refractivity contribution in [3.05, 3.63) is 53.6 Å². The molecule has 0 aliphatic carbocycles. The lowest BCUT2D eigenvalue weighted by molar-refractivity contribution is -0.117. The number of carbonyl (C=O) groups excluding carboxylic acids is 2. The fourth-order valence-electron chi connectivity index (χ4n) is 3.64. The maximum atomic E-state index is 12.4. The minimum atomic E-state index is -0.0921. The second-order valence-corrected chi connectivity index (χ2v) is 7.43. The zero-order chi connectivity index (χ0) is 20.1. The number of amides is 2. The Labute approximate surface area is 167 Å². The molecule has 0 aromatic heterocycles.